The van der Waals surface area contributed by atoms with Gasteiger partial charge in [-0.05, 0) is 42.0 Å². The molecule has 1 amide bonds. The molecule has 1 heterocycles. The van der Waals surface area contributed by atoms with Crippen molar-refractivity contribution in [3.05, 3.63) is 89.5 Å². The van der Waals surface area contributed by atoms with Crippen molar-refractivity contribution >= 4 is 17.3 Å². The number of hydrogen-bond donors (Lipinski definition) is 2. The van der Waals surface area contributed by atoms with E-state index < -0.39 is 17.5 Å². The molecule has 7 heteroatoms. The first-order valence-corrected chi connectivity index (χ1v) is 7.72. The summed E-state index contributed by atoms with van der Waals surface area (Å²) in [7, 11) is 0. The van der Waals surface area contributed by atoms with E-state index in [1.54, 1.807) is 18.2 Å². The third kappa shape index (κ3) is 4.38. The van der Waals surface area contributed by atoms with Crippen molar-refractivity contribution in [2.75, 3.05) is 5.32 Å². The van der Waals surface area contributed by atoms with Crippen molar-refractivity contribution in [1.82, 2.24) is 10.3 Å². The standard InChI is InChI=1S/C19H14F3N3O/c20-13-3-1-12(2-4-13)10-24-19(26)18-8-6-15(11-23-18)25-17-7-5-14(21)9-16(17)22/h1-9,11,25H,10H2,(H,24,26). The summed E-state index contributed by atoms with van der Waals surface area (Å²) in [6.07, 6.45) is 1.37. The SMILES string of the molecule is O=C(NCc1ccc(F)cc1)c1ccc(Nc2ccc(F)cc2F)cn1. The average molecular weight is 357 g/mol. The van der Waals surface area contributed by atoms with Crippen LogP contribution in [-0.2, 0) is 6.54 Å². The molecule has 0 aliphatic carbocycles. The van der Waals surface area contributed by atoms with Crippen LogP contribution < -0.4 is 10.6 Å². The molecule has 26 heavy (non-hydrogen) atoms. The monoisotopic (exact) mass is 357 g/mol. The maximum atomic E-state index is 13.6. The summed E-state index contributed by atoms with van der Waals surface area (Å²) < 4.78 is 39.4. The van der Waals surface area contributed by atoms with Gasteiger partial charge in [0.15, 0.2) is 0 Å². The van der Waals surface area contributed by atoms with Gasteiger partial charge in [0, 0.05) is 12.6 Å². The van der Waals surface area contributed by atoms with Gasteiger partial charge in [-0.2, -0.15) is 0 Å². The zero-order chi connectivity index (χ0) is 18.5. The minimum absolute atomic E-state index is 0.0988. The number of amides is 1. The summed E-state index contributed by atoms with van der Waals surface area (Å²) in [5.74, 6) is -2.14. The number of carbonyl (C=O) groups is 1. The first kappa shape index (κ1) is 17.5. The molecule has 0 unspecified atom stereocenters. The molecular formula is C19H14F3N3O. The minimum Gasteiger partial charge on any atom is -0.352 e. The molecule has 0 aliphatic heterocycles. The Kier molecular flexibility index (Phi) is 5.17. The Morgan fingerprint density at radius 3 is 2.31 bits per heavy atom. The van der Waals surface area contributed by atoms with Crippen LogP contribution in [0.3, 0.4) is 0 Å². The maximum absolute atomic E-state index is 13.6. The van der Waals surface area contributed by atoms with Gasteiger partial charge in [0.05, 0.1) is 17.6 Å². The number of benzene rings is 2. The summed E-state index contributed by atoms with van der Waals surface area (Å²) >= 11 is 0. The van der Waals surface area contributed by atoms with E-state index in [0.29, 0.717) is 5.69 Å². The largest absolute Gasteiger partial charge is 0.352 e. The van der Waals surface area contributed by atoms with Gasteiger partial charge in [-0.3, -0.25) is 4.79 Å². The summed E-state index contributed by atoms with van der Waals surface area (Å²) in [5, 5.41) is 5.43. The molecule has 0 radical (unpaired) electrons. The van der Waals surface area contributed by atoms with Crippen molar-refractivity contribution in [3.63, 3.8) is 0 Å². The van der Waals surface area contributed by atoms with Crippen LogP contribution in [0.25, 0.3) is 0 Å². The van der Waals surface area contributed by atoms with Crippen LogP contribution in [0.2, 0.25) is 0 Å². The van der Waals surface area contributed by atoms with Crippen LogP contribution in [-0.4, -0.2) is 10.9 Å². The van der Waals surface area contributed by atoms with Gasteiger partial charge < -0.3 is 10.6 Å². The third-order valence-corrected chi connectivity index (χ3v) is 3.57. The van der Waals surface area contributed by atoms with E-state index in [4.69, 9.17) is 0 Å². The quantitative estimate of drug-likeness (QED) is 0.721. The first-order valence-electron chi connectivity index (χ1n) is 7.72. The predicted molar refractivity (Wildman–Crippen MR) is 91.4 cm³/mol. The number of nitrogens with one attached hydrogen (secondary N) is 2. The molecule has 2 aromatic carbocycles. The molecular weight excluding hydrogens is 343 g/mol. The van der Waals surface area contributed by atoms with Crippen LogP contribution in [0.15, 0.2) is 60.8 Å². The number of hydrogen-bond acceptors (Lipinski definition) is 3. The van der Waals surface area contributed by atoms with Crippen molar-refractivity contribution in [2.24, 2.45) is 0 Å². The fourth-order valence-corrected chi connectivity index (χ4v) is 2.22. The molecule has 0 spiro atoms. The van der Waals surface area contributed by atoms with Crippen LogP contribution >= 0.6 is 0 Å². The number of halogens is 3. The van der Waals surface area contributed by atoms with Crippen LogP contribution in [0.5, 0.6) is 0 Å². The fraction of sp³-hybridized carbons (Fsp3) is 0.0526. The topological polar surface area (TPSA) is 54.0 Å². The van der Waals surface area contributed by atoms with Gasteiger partial charge in [-0.15, -0.1) is 0 Å². The Morgan fingerprint density at radius 2 is 1.65 bits per heavy atom. The summed E-state index contributed by atoms with van der Waals surface area (Å²) in [6.45, 7) is 0.238. The zero-order valence-electron chi connectivity index (χ0n) is 13.5. The van der Waals surface area contributed by atoms with Crippen LogP contribution in [0, 0.1) is 17.5 Å². The Balaban J connectivity index is 1.61. The molecule has 0 saturated carbocycles. The fourth-order valence-electron chi connectivity index (χ4n) is 2.22. The van der Waals surface area contributed by atoms with Gasteiger partial charge in [-0.1, -0.05) is 12.1 Å². The number of nitrogens with zero attached hydrogens (tertiary/aromatic N) is 1. The van der Waals surface area contributed by atoms with Gasteiger partial charge in [0.1, 0.15) is 23.1 Å². The van der Waals surface area contributed by atoms with Crippen LogP contribution in [0.1, 0.15) is 16.1 Å². The van der Waals surface area contributed by atoms with E-state index in [2.05, 4.69) is 15.6 Å². The average Bonchev–Trinajstić information content (AvgIpc) is 2.64. The van der Waals surface area contributed by atoms with E-state index >= 15 is 0 Å². The third-order valence-electron chi connectivity index (χ3n) is 3.57. The van der Waals surface area contributed by atoms with E-state index in [9.17, 15) is 18.0 Å². The Labute approximate surface area is 147 Å². The predicted octanol–water partition coefficient (Wildman–Crippen LogP) is 4.17. The van der Waals surface area contributed by atoms with E-state index in [0.717, 1.165) is 17.7 Å². The molecule has 1 aromatic heterocycles. The number of aromatic nitrogens is 1. The maximum Gasteiger partial charge on any atom is 0.270 e. The molecule has 3 aromatic rings. The lowest BCUT2D eigenvalue weighted by atomic mass is 10.2. The molecule has 0 fully saturated rings. The van der Waals surface area contributed by atoms with Gasteiger partial charge >= 0.3 is 0 Å². The highest BCUT2D eigenvalue weighted by atomic mass is 19.1. The summed E-state index contributed by atoms with van der Waals surface area (Å²) in [5.41, 5.74) is 1.48. The molecule has 2 N–H and O–H groups in total. The number of carbonyl (C=O) groups excluding carboxylic acids is 1. The van der Waals surface area contributed by atoms with E-state index in [1.807, 2.05) is 0 Å². The molecule has 132 valence electrons. The van der Waals surface area contributed by atoms with E-state index in [1.165, 1.54) is 30.5 Å². The van der Waals surface area contributed by atoms with Crippen LogP contribution in [0.4, 0.5) is 24.5 Å². The summed E-state index contributed by atoms with van der Waals surface area (Å²) in [6, 6.07) is 12.0. The smallest absolute Gasteiger partial charge is 0.270 e. The number of rotatable bonds is 5. The molecule has 3 rings (SSSR count). The van der Waals surface area contributed by atoms with Crippen molar-refractivity contribution < 1.29 is 18.0 Å². The van der Waals surface area contributed by atoms with Gasteiger partial charge in [0.2, 0.25) is 0 Å². The van der Waals surface area contributed by atoms with Gasteiger partial charge in [-0.25, -0.2) is 18.2 Å². The molecule has 4 nitrogen and oxygen atoms in total. The van der Waals surface area contributed by atoms with Crippen molar-refractivity contribution in [1.29, 1.82) is 0 Å². The Hall–Kier alpha value is -3.35. The second-order valence-corrected chi connectivity index (χ2v) is 5.49. The molecule has 0 aliphatic rings. The number of anilines is 2. The molecule has 0 atom stereocenters. The normalized spacial score (nSPS) is 10.4. The highest BCUT2D eigenvalue weighted by Crippen LogP contribution is 2.20. The highest BCUT2D eigenvalue weighted by Gasteiger charge is 2.08. The highest BCUT2D eigenvalue weighted by molar-refractivity contribution is 5.92. The lowest BCUT2D eigenvalue weighted by Gasteiger charge is -2.08. The number of pyridine rings is 1. The second kappa shape index (κ2) is 7.69. The first-order chi connectivity index (χ1) is 12.5. The zero-order valence-corrected chi connectivity index (χ0v) is 13.5. The Bertz CT molecular complexity index is 912. The molecule has 0 bridgehead atoms. The van der Waals surface area contributed by atoms with Crippen molar-refractivity contribution in [3.8, 4) is 0 Å². The summed E-state index contributed by atoms with van der Waals surface area (Å²) in [4.78, 5) is 16.1. The lowest BCUT2D eigenvalue weighted by Crippen LogP contribution is -2.23. The lowest BCUT2D eigenvalue weighted by molar-refractivity contribution is 0.0946. The van der Waals surface area contributed by atoms with Crippen molar-refractivity contribution in [2.45, 2.75) is 6.54 Å². The Morgan fingerprint density at radius 1 is 0.923 bits per heavy atom. The van der Waals surface area contributed by atoms with E-state index in [-0.39, 0.29) is 23.7 Å². The minimum atomic E-state index is -0.730. The molecule has 0 saturated heterocycles. The van der Waals surface area contributed by atoms with Gasteiger partial charge in [0.25, 0.3) is 5.91 Å². The second-order valence-electron chi connectivity index (χ2n) is 5.49.